The van der Waals surface area contributed by atoms with Gasteiger partial charge < -0.3 is 10.4 Å². The van der Waals surface area contributed by atoms with Gasteiger partial charge in [0.15, 0.2) is 0 Å². The molecule has 1 unspecified atom stereocenters. The third kappa shape index (κ3) is 4.54. The van der Waals surface area contributed by atoms with E-state index in [1.807, 2.05) is 12.1 Å². The van der Waals surface area contributed by atoms with Crippen molar-refractivity contribution < 1.29 is 5.11 Å². The van der Waals surface area contributed by atoms with Crippen LogP contribution in [0.5, 0.6) is 5.75 Å². The molecule has 0 bridgehead atoms. The van der Waals surface area contributed by atoms with Crippen molar-refractivity contribution in [3.8, 4) is 5.75 Å². The zero-order chi connectivity index (χ0) is 11.3. The SMILES string of the molecule is CC(C)C(Cl)CNCc1cccc(O)c1. The molecule has 3 heteroatoms. The number of benzene rings is 1. The zero-order valence-corrected chi connectivity index (χ0v) is 9.96. The summed E-state index contributed by atoms with van der Waals surface area (Å²) < 4.78 is 0. The van der Waals surface area contributed by atoms with Crippen molar-refractivity contribution in [2.24, 2.45) is 5.92 Å². The molecule has 0 aliphatic rings. The van der Waals surface area contributed by atoms with Crippen LogP contribution < -0.4 is 5.32 Å². The third-order valence-electron chi connectivity index (χ3n) is 2.30. The van der Waals surface area contributed by atoms with E-state index in [1.54, 1.807) is 12.1 Å². The summed E-state index contributed by atoms with van der Waals surface area (Å²) in [7, 11) is 0. The molecule has 1 rings (SSSR count). The van der Waals surface area contributed by atoms with Crippen molar-refractivity contribution in [1.82, 2.24) is 5.32 Å². The van der Waals surface area contributed by atoms with Gasteiger partial charge in [-0.15, -0.1) is 11.6 Å². The van der Waals surface area contributed by atoms with Crippen molar-refractivity contribution in [1.29, 1.82) is 0 Å². The molecule has 2 nitrogen and oxygen atoms in total. The predicted octanol–water partition coefficient (Wildman–Crippen LogP) is 2.75. The molecule has 0 heterocycles. The minimum atomic E-state index is 0.155. The first kappa shape index (κ1) is 12.3. The molecule has 2 N–H and O–H groups in total. The molecular weight excluding hydrogens is 210 g/mol. The molecule has 0 radical (unpaired) electrons. The van der Waals surface area contributed by atoms with Crippen LogP contribution in [0.25, 0.3) is 0 Å². The summed E-state index contributed by atoms with van der Waals surface area (Å²) >= 11 is 6.10. The number of aromatic hydroxyl groups is 1. The first-order valence-electron chi connectivity index (χ1n) is 5.22. The second-order valence-electron chi connectivity index (χ2n) is 4.06. The van der Waals surface area contributed by atoms with E-state index in [1.165, 1.54) is 0 Å². The average Bonchev–Trinajstić information content (AvgIpc) is 2.17. The Morgan fingerprint density at radius 1 is 1.40 bits per heavy atom. The van der Waals surface area contributed by atoms with Crippen molar-refractivity contribution in [3.05, 3.63) is 29.8 Å². The van der Waals surface area contributed by atoms with Crippen molar-refractivity contribution in [2.45, 2.75) is 25.8 Å². The lowest BCUT2D eigenvalue weighted by atomic mass is 10.1. The highest BCUT2D eigenvalue weighted by molar-refractivity contribution is 6.20. The van der Waals surface area contributed by atoms with Gasteiger partial charge in [-0.2, -0.15) is 0 Å². The number of hydrogen-bond donors (Lipinski definition) is 2. The Kier molecular flexibility index (Phi) is 4.92. The minimum Gasteiger partial charge on any atom is -0.508 e. The van der Waals surface area contributed by atoms with Crippen molar-refractivity contribution in [2.75, 3.05) is 6.54 Å². The van der Waals surface area contributed by atoms with E-state index >= 15 is 0 Å². The van der Waals surface area contributed by atoms with Gasteiger partial charge in [-0.1, -0.05) is 26.0 Å². The molecule has 1 aromatic rings. The van der Waals surface area contributed by atoms with Crippen LogP contribution in [0, 0.1) is 5.92 Å². The van der Waals surface area contributed by atoms with Crippen LogP contribution in [0.1, 0.15) is 19.4 Å². The minimum absolute atomic E-state index is 0.155. The number of halogens is 1. The van der Waals surface area contributed by atoms with Gasteiger partial charge in [0.2, 0.25) is 0 Å². The Balaban J connectivity index is 2.32. The quantitative estimate of drug-likeness (QED) is 0.759. The lowest BCUT2D eigenvalue weighted by Crippen LogP contribution is -2.26. The van der Waals surface area contributed by atoms with Crippen LogP contribution in [0.3, 0.4) is 0 Å². The van der Waals surface area contributed by atoms with Gasteiger partial charge >= 0.3 is 0 Å². The summed E-state index contributed by atoms with van der Waals surface area (Å²) in [5, 5.41) is 12.7. The van der Waals surface area contributed by atoms with Crippen LogP contribution in [0.4, 0.5) is 0 Å². The Bertz CT molecular complexity index is 301. The molecule has 84 valence electrons. The van der Waals surface area contributed by atoms with E-state index in [4.69, 9.17) is 11.6 Å². The number of nitrogens with one attached hydrogen (secondary N) is 1. The summed E-state index contributed by atoms with van der Waals surface area (Å²) in [5.74, 6) is 0.781. The summed E-state index contributed by atoms with van der Waals surface area (Å²) in [6.45, 7) is 5.74. The van der Waals surface area contributed by atoms with Crippen molar-refractivity contribution in [3.63, 3.8) is 0 Å². The van der Waals surface area contributed by atoms with Crippen LogP contribution in [0.15, 0.2) is 24.3 Å². The molecule has 0 saturated heterocycles. The maximum absolute atomic E-state index is 9.26. The van der Waals surface area contributed by atoms with Gasteiger partial charge in [-0.3, -0.25) is 0 Å². The maximum atomic E-state index is 9.26. The lowest BCUT2D eigenvalue weighted by Gasteiger charge is -2.14. The molecule has 1 atom stereocenters. The third-order valence-corrected chi connectivity index (χ3v) is 2.96. The number of hydrogen-bond acceptors (Lipinski definition) is 2. The molecule has 0 aliphatic heterocycles. The zero-order valence-electron chi connectivity index (χ0n) is 9.20. The molecule has 0 fully saturated rings. The van der Waals surface area contributed by atoms with Gasteiger partial charge in [-0.25, -0.2) is 0 Å². The molecule has 0 aliphatic carbocycles. The first-order valence-corrected chi connectivity index (χ1v) is 5.66. The Hall–Kier alpha value is -0.730. The molecule has 15 heavy (non-hydrogen) atoms. The van der Waals surface area contributed by atoms with E-state index in [0.29, 0.717) is 11.7 Å². The molecule has 0 spiro atoms. The van der Waals surface area contributed by atoms with Crippen LogP contribution in [-0.2, 0) is 6.54 Å². The summed E-state index contributed by atoms with van der Waals surface area (Å²) in [4.78, 5) is 0. The second kappa shape index (κ2) is 5.99. The molecule has 0 aromatic heterocycles. The second-order valence-corrected chi connectivity index (χ2v) is 4.62. The number of rotatable bonds is 5. The van der Waals surface area contributed by atoms with E-state index in [0.717, 1.165) is 18.7 Å². The molecule has 1 aromatic carbocycles. The predicted molar refractivity (Wildman–Crippen MR) is 64.3 cm³/mol. The monoisotopic (exact) mass is 227 g/mol. The van der Waals surface area contributed by atoms with Crippen LogP contribution in [-0.4, -0.2) is 17.0 Å². The maximum Gasteiger partial charge on any atom is 0.115 e. The largest absolute Gasteiger partial charge is 0.508 e. The number of alkyl halides is 1. The highest BCUT2D eigenvalue weighted by Gasteiger charge is 2.08. The Morgan fingerprint density at radius 3 is 2.73 bits per heavy atom. The van der Waals surface area contributed by atoms with E-state index in [2.05, 4.69) is 19.2 Å². The highest BCUT2D eigenvalue weighted by atomic mass is 35.5. The molecule has 0 amide bonds. The van der Waals surface area contributed by atoms with Gasteiger partial charge in [0, 0.05) is 18.5 Å². The molecular formula is C12H18ClNO. The highest BCUT2D eigenvalue weighted by Crippen LogP contribution is 2.11. The Morgan fingerprint density at radius 2 is 2.13 bits per heavy atom. The summed E-state index contributed by atoms with van der Waals surface area (Å²) in [6, 6.07) is 7.24. The van der Waals surface area contributed by atoms with Gasteiger partial charge in [0.25, 0.3) is 0 Å². The Labute approximate surface area is 96.3 Å². The van der Waals surface area contributed by atoms with Crippen molar-refractivity contribution >= 4 is 11.6 Å². The van der Waals surface area contributed by atoms with Crippen LogP contribution >= 0.6 is 11.6 Å². The van der Waals surface area contributed by atoms with E-state index in [9.17, 15) is 5.11 Å². The fraction of sp³-hybridized carbons (Fsp3) is 0.500. The summed E-state index contributed by atoms with van der Waals surface area (Å²) in [5.41, 5.74) is 1.07. The first-order chi connectivity index (χ1) is 7.09. The lowest BCUT2D eigenvalue weighted by molar-refractivity contribution is 0.473. The molecule has 0 saturated carbocycles. The van der Waals surface area contributed by atoms with Crippen LogP contribution in [0.2, 0.25) is 0 Å². The average molecular weight is 228 g/mol. The van der Waals surface area contributed by atoms with Gasteiger partial charge in [-0.05, 0) is 23.6 Å². The van der Waals surface area contributed by atoms with E-state index in [-0.39, 0.29) is 5.38 Å². The topological polar surface area (TPSA) is 32.3 Å². The fourth-order valence-electron chi connectivity index (χ4n) is 1.26. The standard InChI is InChI=1S/C12H18ClNO/c1-9(2)12(13)8-14-7-10-4-3-5-11(15)6-10/h3-6,9,12,14-15H,7-8H2,1-2H3. The summed E-state index contributed by atoms with van der Waals surface area (Å²) in [6.07, 6.45) is 0. The fourth-order valence-corrected chi connectivity index (χ4v) is 1.37. The number of phenolic OH excluding ortho intramolecular Hbond substituents is 1. The van der Waals surface area contributed by atoms with Gasteiger partial charge in [0.1, 0.15) is 5.75 Å². The smallest absolute Gasteiger partial charge is 0.115 e. The number of phenols is 1. The van der Waals surface area contributed by atoms with E-state index < -0.39 is 0 Å². The van der Waals surface area contributed by atoms with Gasteiger partial charge in [0.05, 0.1) is 0 Å². The normalized spacial score (nSPS) is 13.1.